The second-order valence-corrected chi connectivity index (χ2v) is 6.93. The molecule has 1 fully saturated rings. The van der Waals surface area contributed by atoms with Crippen molar-refractivity contribution < 1.29 is 19.6 Å². The maximum absolute atomic E-state index is 12.3. The monoisotopic (exact) mass is 380 g/mol. The van der Waals surface area contributed by atoms with Gasteiger partial charge in [-0.1, -0.05) is 18.2 Å². The Kier molecular flexibility index (Phi) is 6.86. The molecule has 0 saturated carbocycles. The van der Waals surface area contributed by atoms with Gasteiger partial charge in [0.1, 0.15) is 6.04 Å². The van der Waals surface area contributed by atoms with Crippen molar-refractivity contribution in [2.75, 3.05) is 18.4 Å². The summed E-state index contributed by atoms with van der Waals surface area (Å²) in [5.74, 6) is -1.49. The Morgan fingerprint density at radius 3 is 2.14 bits per heavy atom. The number of piperidine rings is 1. The summed E-state index contributed by atoms with van der Waals surface area (Å²) >= 11 is 0. The Balaban J connectivity index is 1.56. The molecule has 0 radical (unpaired) electrons. The number of likely N-dealkylation sites (tertiary alicyclic amines) is 1. The Bertz CT molecular complexity index is 815. The highest BCUT2D eigenvalue weighted by molar-refractivity contribution is 5.93. The third-order valence-electron chi connectivity index (χ3n) is 4.85. The second-order valence-electron chi connectivity index (χ2n) is 6.93. The Morgan fingerprint density at radius 2 is 1.54 bits per heavy atom. The number of carbonyl (C=O) groups excluding carboxylic acids is 2. The van der Waals surface area contributed by atoms with Crippen LogP contribution in [0, 0.1) is 0 Å². The molecule has 2 aromatic rings. The van der Waals surface area contributed by atoms with Crippen LogP contribution in [-0.4, -0.2) is 31.0 Å². The molecule has 7 heteroatoms. The zero-order valence-electron chi connectivity index (χ0n) is 15.6. The molecule has 2 N–H and O–H groups in total. The van der Waals surface area contributed by atoms with Crippen LogP contribution in [0.1, 0.15) is 25.7 Å². The van der Waals surface area contributed by atoms with Crippen molar-refractivity contribution >= 4 is 28.9 Å². The van der Waals surface area contributed by atoms with E-state index >= 15 is 0 Å². The standard InChI is InChI=1S/C21H24N4O3/c26-20(15-19(21(27)28)25-13-5-2-6-14-25)22-16-9-11-18(12-10-16)24-23-17-7-3-1-4-8-17/h1,3-4,7-12,19H,2,5-6,13-15H2,(H,22,26)(H,27,28)/t19-/m0/s1. The van der Waals surface area contributed by atoms with Gasteiger partial charge in [-0.05, 0) is 55.7 Å². The van der Waals surface area contributed by atoms with Gasteiger partial charge in [0.05, 0.1) is 36.9 Å². The van der Waals surface area contributed by atoms with Crippen LogP contribution in [0.3, 0.4) is 0 Å². The van der Waals surface area contributed by atoms with Crippen LogP contribution in [-0.2, 0) is 9.59 Å². The first-order valence-corrected chi connectivity index (χ1v) is 9.54. The zero-order valence-corrected chi connectivity index (χ0v) is 15.6. The molecule has 1 atom stereocenters. The first-order chi connectivity index (χ1) is 13.6. The van der Waals surface area contributed by atoms with Crippen LogP contribution in [0.4, 0.5) is 17.1 Å². The summed E-state index contributed by atoms with van der Waals surface area (Å²) < 4.78 is 0. The van der Waals surface area contributed by atoms with Crippen molar-refractivity contribution in [2.24, 2.45) is 10.2 Å². The van der Waals surface area contributed by atoms with E-state index < -0.39 is 12.0 Å². The van der Waals surface area contributed by atoms with E-state index in [2.05, 4.69) is 15.5 Å². The van der Waals surface area contributed by atoms with Crippen molar-refractivity contribution in [3.8, 4) is 0 Å². The molecule has 1 heterocycles. The normalized spacial score (nSPS) is 16.0. The quantitative estimate of drug-likeness (QED) is 0.714. The predicted octanol–water partition coefficient (Wildman–Crippen LogP) is 1.62. The highest BCUT2D eigenvalue weighted by Gasteiger charge is 2.27. The van der Waals surface area contributed by atoms with E-state index in [4.69, 9.17) is 0 Å². The summed E-state index contributed by atoms with van der Waals surface area (Å²) in [4.78, 5) is 24.7. The first-order valence-electron chi connectivity index (χ1n) is 9.54. The van der Waals surface area contributed by atoms with Gasteiger partial charge in [-0.2, -0.15) is 10.2 Å². The molecule has 0 spiro atoms. The molecule has 1 aliphatic heterocycles. The summed E-state index contributed by atoms with van der Waals surface area (Å²) in [6, 6.07) is 15.5. The van der Waals surface area contributed by atoms with Crippen molar-refractivity contribution in [1.29, 1.82) is 0 Å². The number of hydrogen-bond acceptors (Lipinski definition) is 5. The van der Waals surface area contributed by atoms with E-state index in [9.17, 15) is 14.7 Å². The van der Waals surface area contributed by atoms with Crippen molar-refractivity contribution in [3.63, 3.8) is 0 Å². The molecule has 1 saturated heterocycles. The number of carboxylic acids is 1. The van der Waals surface area contributed by atoms with Gasteiger partial charge in [-0.15, -0.1) is 0 Å². The van der Waals surface area contributed by atoms with E-state index in [0.717, 1.165) is 42.9 Å². The minimum atomic E-state index is -1.16. The summed E-state index contributed by atoms with van der Waals surface area (Å²) in [5.41, 5.74) is 2.01. The van der Waals surface area contributed by atoms with E-state index in [1.807, 2.05) is 30.3 Å². The number of aliphatic carboxylic acids is 1. The predicted molar refractivity (Wildman–Crippen MR) is 104 cm³/mol. The molecule has 1 amide bonds. The first kappa shape index (κ1) is 19.7. The van der Waals surface area contributed by atoms with E-state index in [0.29, 0.717) is 11.4 Å². The highest BCUT2D eigenvalue weighted by Crippen LogP contribution is 2.20. The lowest BCUT2D eigenvalue weighted by Crippen LogP contribution is -3.18. The summed E-state index contributed by atoms with van der Waals surface area (Å²) in [6.07, 6.45) is 3.00. The van der Waals surface area contributed by atoms with Crippen LogP contribution in [0.25, 0.3) is 0 Å². The van der Waals surface area contributed by atoms with E-state index in [1.165, 1.54) is 0 Å². The largest absolute Gasteiger partial charge is 0.544 e. The fraction of sp³-hybridized carbons (Fsp3) is 0.333. The van der Waals surface area contributed by atoms with Gasteiger partial charge in [-0.25, -0.2) is 0 Å². The van der Waals surface area contributed by atoms with Crippen molar-refractivity contribution in [3.05, 3.63) is 54.6 Å². The van der Waals surface area contributed by atoms with Gasteiger partial charge in [-0.3, -0.25) is 4.79 Å². The average molecular weight is 380 g/mol. The summed E-state index contributed by atoms with van der Waals surface area (Å²) in [7, 11) is 0. The molecule has 28 heavy (non-hydrogen) atoms. The second kappa shape index (κ2) is 9.75. The topological polar surface area (TPSA) is 98.4 Å². The minimum absolute atomic E-state index is 0.0901. The molecule has 146 valence electrons. The van der Waals surface area contributed by atoms with Crippen molar-refractivity contribution in [2.45, 2.75) is 31.7 Å². The number of nitrogens with zero attached hydrogens (tertiary/aromatic N) is 2. The molecule has 0 bridgehead atoms. The van der Waals surface area contributed by atoms with Gasteiger partial charge in [0.2, 0.25) is 5.91 Å². The number of amides is 1. The molecule has 3 rings (SSSR count). The smallest absolute Gasteiger partial charge is 0.230 e. The Morgan fingerprint density at radius 1 is 0.929 bits per heavy atom. The number of hydrogen-bond donors (Lipinski definition) is 2. The van der Waals surface area contributed by atoms with Crippen molar-refractivity contribution in [1.82, 2.24) is 0 Å². The molecule has 1 aliphatic rings. The van der Waals surface area contributed by atoms with Crippen LogP contribution in [0.2, 0.25) is 0 Å². The van der Waals surface area contributed by atoms with E-state index in [-0.39, 0.29) is 12.3 Å². The zero-order chi connectivity index (χ0) is 19.8. The van der Waals surface area contributed by atoms with Gasteiger partial charge in [0, 0.05) is 5.69 Å². The third-order valence-corrected chi connectivity index (χ3v) is 4.85. The van der Waals surface area contributed by atoms with Crippen LogP contribution >= 0.6 is 0 Å². The number of quaternary nitrogens is 1. The van der Waals surface area contributed by atoms with Gasteiger partial charge >= 0.3 is 0 Å². The van der Waals surface area contributed by atoms with Gasteiger partial charge < -0.3 is 20.1 Å². The number of anilines is 1. The van der Waals surface area contributed by atoms with Crippen LogP contribution in [0.5, 0.6) is 0 Å². The number of rotatable bonds is 7. The number of benzene rings is 2. The lowest BCUT2D eigenvalue weighted by atomic mass is 10.1. The highest BCUT2D eigenvalue weighted by atomic mass is 16.4. The number of azo groups is 1. The molecule has 0 unspecified atom stereocenters. The molecular formula is C21H24N4O3. The molecular weight excluding hydrogens is 356 g/mol. The lowest BCUT2D eigenvalue weighted by Gasteiger charge is -2.31. The Hall–Kier alpha value is -3.06. The van der Waals surface area contributed by atoms with E-state index in [1.54, 1.807) is 24.3 Å². The number of nitrogens with one attached hydrogen (secondary N) is 2. The third kappa shape index (κ3) is 5.72. The summed E-state index contributed by atoms with van der Waals surface area (Å²) in [6.45, 7) is 1.54. The molecule has 0 aromatic heterocycles. The molecule has 2 aromatic carbocycles. The Labute approximate surface area is 164 Å². The fourth-order valence-corrected chi connectivity index (χ4v) is 3.37. The van der Waals surface area contributed by atoms with Crippen LogP contribution < -0.4 is 15.3 Å². The van der Waals surface area contributed by atoms with Crippen LogP contribution in [0.15, 0.2) is 64.8 Å². The van der Waals surface area contributed by atoms with Gasteiger partial charge in [0.25, 0.3) is 0 Å². The fourth-order valence-electron chi connectivity index (χ4n) is 3.37. The average Bonchev–Trinajstić information content (AvgIpc) is 2.73. The SMILES string of the molecule is O=C(C[C@@H](C(=O)[O-])[NH+]1CCCCC1)Nc1ccc(N=Nc2ccccc2)cc1. The molecule has 0 aliphatic carbocycles. The summed E-state index contributed by atoms with van der Waals surface area (Å²) in [5, 5.41) is 22.5. The number of carboxylic acid groups (broad SMARTS) is 1. The van der Waals surface area contributed by atoms with Gasteiger partial charge in [0.15, 0.2) is 0 Å². The lowest BCUT2D eigenvalue weighted by molar-refractivity contribution is -0.922. The minimum Gasteiger partial charge on any atom is -0.544 e. The maximum atomic E-state index is 12.3. The molecule has 7 nitrogen and oxygen atoms in total. The number of carbonyl (C=O) groups is 2. The maximum Gasteiger partial charge on any atom is 0.230 e.